The fourth-order valence-corrected chi connectivity index (χ4v) is 4.35. The van der Waals surface area contributed by atoms with Crippen LogP contribution in [0.1, 0.15) is 12.8 Å². The van der Waals surface area contributed by atoms with E-state index in [2.05, 4.69) is 7.74 Å². The van der Waals surface area contributed by atoms with Gasteiger partial charge in [0, 0.05) is 63.5 Å². The quantitative estimate of drug-likeness (QED) is 0.234. The zero-order valence-corrected chi connectivity index (χ0v) is 15.1. The maximum absolute atomic E-state index is 10.9. The number of rotatable bonds is 14. The molecule has 0 atom stereocenters. The molecule has 0 aromatic rings. The van der Waals surface area contributed by atoms with Gasteiger partial charge in [-0.05, 0) is 24.5 Å². The molecule has 1 aliphatic carbocycles. The topological polar surface area (TPSA) is 63.3 Å². The van der Waals surface area contributed by atoms with Crippen molar-refractivity contribution >= 4 is 191 Å². The van der Waals surface area contributed by atoms with Crippen LogP contribution in [0.2, 0.25) is 0 Å². The van der Waals surface area contributed by atoms with Crippen LogP contribution in [-0.2, 0) is 4.79 Å². The molecular formula is C6H26B12NNa3O2S. The molecule has 0 radical (unpaired) electrons. The normalized spacial score (nSPS) is 19.5. The van der Waals surface area contributed by atoms with Crippen LogP contribution in [0.4, 0.5) is 0 Å². The minimum atomic E-state index is -0.914. The molecule has 0 heterocycles. The summed E-state index contributed by atoms with van der Waals surface area (Å²) in [4.78, 5) is 10.9. The van der Waals surface area contributed by atoms with Crippen LogP contribution in [0.3, 0.4) is 0 Å². The summed E-state index contributed by atoms with van der Waals surface area (Å²) in [6.07, 6.45) is 2.54. The van der Waals surface area contributed by atoms with E-state index in [1.54, 1.807) is 0 Å². The number of aliphatic carboxylic acids is 1. The van der Waals surface area contributed by atoms with Crippen LogP contribution in [0.15, 0.2) is 0 Å². The Labute approximate surface area is 233 Å². The molecule has 1 saturated carbocycles. The number of carboxylic acid groups (broad SMARTS) is 1. The van der Waals surface area contributed by atoms with Crippen molar-refractivity contribution in [2.75, 3.05) is 5.75 Å². The van der Waals surface area contributed by atoms with Gasteiger partial charge in [0.15, 0.2) is 0 Å². The summed E-state index contributed by atoms with van der Waals surface area (Å²) in [5.41, 5.74) is 4.85. The average Bonchev–Trinajstić information content (AvgIpc) is 2.45. The second-order valence-electron chi connectivity index (χ2n) is 6.99. The monoisotopic (exact) mass is 377 g/mol. The number of hydrogen-bond acceptors (Lipinski definition) is 3. The van der Waals surface area contributed by atoms with E-state index in [-0.39, 0.29) is 88.7 Å². The fourth-order valence-electron chi connectivity index (χ4n) is 3.20. The van der Waals surface area contributed by atoms with E-state index in [1.807, 2.05) is 11.6 Å². The molecule has 0 spiro atoms. The van der Waals surface area contributed by atoms with E-state index in [1.165, 1.54) is 77.1 Å². The Morgan fingerprint density at radius 2 is 1.44 bits per heavy atom. The van der Waals surface area contributed by atoms with Gasteiger partial charge in [0.05, 0.1) is 14.8 Å². The van der Waals surface area contributed by atoms with Crippen molar-refractivity contribution in [2.24, 2.45) is 11.7 Å². The van der Waals surface area contributed by atoms with Gasteiger partial charge in [-0.25, -0.2) is 11.6 Å². The molecule has 0 saturated heterocycles. The van der Waals surface area contributed by atoms with Gasteiger partial charge in [0.1, 0.15) is 12.0 Å². The average molecular weight is 375 g/mol. The maximum atomic E-state index is 10.9. The predicted octanol–water partition coefficient (Wildman–Crippen LogP) is -9.62. The number of hydrogen-bond donors (Lipinski definition) is 2. The Hall–Kier alpha value is 3.56. The second kappa shape index (κ2) is 20.8. The van der Waals surface area contributed by atoms with Crippen LogP contribution in [0.25, 0.3) is 0 Å². The number of nitrogens with two attached hydrogens (primary N) is 1. The van der Waals surface area contributed by atoms with E-state index in [0.29, 0.717) is 18.8 Å². The SMILES string of the molecule is BBBBBBBBBBBBSCC1CC(N)(C(=O)O)C1.[NaH].[NaH].[NaH]. The summed E-state index contributed by atoms with van der Waals surface area (Å²) in [7, 11) is 16.1. The third kappa shape index (κ3) is 16.0. The first-order valence-electron chi connectivity index (χ1n) is 9.18. The minimum absolute atomic E-state index is 0. The Kier molecular flexibility index (Phi) is 27.6. The molecule has 0 aromatic carbocycles. The van der Waals surface area contributed by atoms with Crippen molar-refractivity contribution in [3.05, 3.63) is 0 Å². The molecule has 3 N–H and O–H groups in total. The van der Waals surface area contributed by atoms with Gasteiger partial charge >= 0.3 is 94.6 Å². The van der Waals surface area contributed by atoms with Crippen molar-refractivity contribution in [3.63, 3.8) is 0 Å². The van der Waals surface area contributed by atoms with E-state index in [0.717, 1.165) is 5.75 Å². The van der Waals surface area contributed by atoms with Gasteiger partial charge in [0.25, 0.3) is 0 Å². The van der Waals surface area contributed by atoms with Gasteiger partial charge in [-0.15, -0.1) is 0 Å². The molecule has 112 valence electrons. The van der Waals surface area contributed by atoms with Crippen LogP contribution < -0.4 is 5.73 Å². The first-order chi connectivity index (χ1) is 10.6. The molecule has 1 aliphatic rings. The molecule has 0 aliphatic heterocycles. The molecule has 0 unspecified atom stereocenters. The van der Waals surface area contributed by atoms with Gasteiger partial charge in [-0.2, -0.15) is 0 Å². The number of carboxylic acids is 1. The number of carbonyl (C=O) groups is 1. The fraction of sp³-hybridized carbons (Fsp3) is 0.833. The molecule has 0 bridgehead atoms. The molecule has 1 rings (SSSR count). The van der Waals surface area contributed by atoms with Crippen LogP contribution >= 0.6 is 11.6 Å². The summed E-state index contributed by atoms with van der Waals surface area (Å²) in [5, 5.41) is 8.95. The van der Waals surface area contributed by atoms with E-state index < -0.39 is 11.5 Å². The molecular weight excluding hydrogens is 349 g/mol. The van der Waals surface area contributed by atoms with Gasteiger partial charge in [0.2, 0.25) is 0 Å². The van der Waals surface area contributed by atoms with E-state index >= 15 is 0 Å². The second-order valence-corrected chi connectivity index (χ2v) is 8.14. The Morgan fingerprint density at radius 3 is 1.88 bits per heavy atom. The van der Waals surface area contributed by atoms with Crippen molar-refractivity contribution in [2.45, 2.75) is 18.4 Å². The molecule has 1 fully saturated rings. The zero-order valence-electron chi connectivity index (χ0n) is 14.3. The van der Waals surface area contributed by atoms with Crippen LogP contribution in [0, 0.1) is 5.92 Å². The van der Waals surface area contributed by atoms with E-state index in [9.17, 15) is 4.79 Å². The molecule has 0 amide bonds. The zero-order chi connectivity index (χ0) is 16.3. The first-order valence-corrected chi connectivity index (χ1v) is 10.3. The molecule has 3 nitrogen and oxygen atoms in total. The van der Waals surface area contributed by atoms with Crippen molar-refractivity contribution in [1.82, 2.24) is 0 Å². The Morgan fingerprint density at radius 1 is 1.00 bits per heavy atom. The van der Waals surface area contributed by atoms with Crippen LogP contribution in [-0.4, -0.2) is 196 Å². The summed E-state index contributed by atoms with van der Waals surface area (Å²) in [5.74, 6) is 0.779. The predicted molar refractivity (Wildman–Crippen MR) is 148 cm³/mol. The van der Waals surface area contributed by atoms with Gasteiger partial charge < -0.3 is 10.8 Å². The van der Waals surface area contributed by atoms with Crippen molar-refractivity contribution in [1.29, 1.82) is 0 Å². The van der Waals surface area contributed by atoms with Gasteiger partial charge in [-0.3, -0.25) is 4.79 Å². The standard InChI is InChI=1S/C6H23B12NO2S.3Na.3H/c7-8-9-10-11-12-13-14-15-16-17-18-22-3-4-1-6(19,2-4)5(20)21;;;;;;/h4,8-18H,1-3,7,19H2,(H,20,21);;;;;;. The van der Waals surface area contributed by atoms with Crippen molar-refractivity contribution < 1.29 is 9.90 Å². The first kappa shape index (κ1) is 33.2. The summed E-state index contributed by atoms with van der Waals surface area (Å²) >= 11 is 1.98. The summed E-state index contributed by atoms with van der Waals surface area (Å²) in [6, 6.07) is 0. The van der Waals surface area contributed by atoms with E-state index in [4.69, 9.17) is 10.8 Å². The summed E-state index contributed by atoms with van der Waals surface area (Å²) in [6.45, 7) is 0. The summed E-state index contributed by atoms with van der Waals surface area (Å²) < 4.78 is 0. The van der Waals surface area contributed by atoms with Crippen LogP contribution in [0.5, 0.6) is 0 Å². The molecule has 25 heavy (non-hydrogen) atoms. The molecule has 0 aromatic heterocycles. The Balaban J connectivity index is -0.00000161. The molecule has 19 heteroatoms. The third-order valence-electron chi connectivity index (χ3n) is 4.73. The van der Waals surface area contributed by atoms with Crippen molar-refractivity contribution in [3.8, 4) is 0 Å². The van der Waals surface area contributed by atoms with Gasteiger partial charge in [-0.1, -0.05) is 0 Å². The third-order valence-corrected chi connectivity index (χ3v) is 6.01. The Bertz CT molecular complexity index is 333.